The lowest BCUT2D eigenvalue weighted by Gasteiger charge is -2.36. The van der Waals surface area contributed by atoms with E-state index in [-0.39, 0.29) is 24.1 Å². The highest BCUT2D eigenvalue weighted by Gasteiger charge is 2.41. The zero-order valence-corrected chi connectivity index (χ0v) is 18.3. The van der Waals surface area contributed by atoms with Gasteiger partial charge in [-0.3, -0.25) is 4.79 Å². The van der Waals surface area contributed by atoms with Crippen LogP contribution < -0.4 is 5.32 Å². The molecule has 2 unspecified atom stereocenters. The number of ether oxygens (including phenoxy) is 2. The van der Waals surface area contributed by atoms with Crippen LogP contribution in [0.1, 0.15) is 42.7 Å². The zero-order chi connectivity index (χ0) is 22.7. The molecule has 166 valence electrons. The number of phenols is 1. The van der Waals surface area contributed by atoms with E-state index in [4.69, 9.17) is 9.47 Å². The molecule has 2 aromatic rings. The van der Waals surface area contributed by atoms with E-state index in [1.165, 1.54) is 0 Å². The number of carbonyl (C=O) groups is 2. The molecule has 2 N–H and O–H groups in total. The molecule has 1 heterocycles. The summed E-state index contributed by atoms with van der Waals surface area (Å²) in [5, 5.41) is 13.1. The maximum Gasteiger partial charge on any atom is 0.336 e. The Morgan fingerprint density at radius 3 is 2.44 bits per heavy atom. The molecule has 32 heavy (non-hydrogen) atoms. The quantitative estimate of drug-likeness (QED) is 0.530. The van der Waals surface area contributed by atoms with E-state index in [1.807, 2.05) is 37.3 Å². The molecule has 0 amide bonds. The number of dihydropyridines is 1. The summed E-state index contributed by atoms with van der Waals surface area (Å²) < 4.78 is 10.4. The first kappa shape index (κ1) is 21.8. The van der Waals surface area contributed by atoms with Crippen LogP contribution in [0.3, 0.4) is 0 Å². The van der Waals surface area contributed by atoms with Gasteiger partial charge in [-0.1, -0.05) is 42.5 Å². The molecule has 4 rings (SSSR count). The zero-order valence-electron chi connectivity index (χ0n) is 18.3. The first-order chi connectivity index (χ1) is 15.5. The minimum atomic E-state index is -0.550. The van der Waals surface area contributed by atoms with Gasteiger partial charge in [-0.2, -0.15) is 0 Å². The van der Waals surface area contributed by atoms with Crippen molar-refractivity contribution in [1.29, 1.82) is 0 Å². The van der Waals surface area contributed by atoms with Gasteiger partial charge in [0, 0.05) is 36.4 Å². The number of esters is 1. The number of hydrogen-bond acceptors (Lipinski definition) is 6. The summed E-state index contributed by atoms with van der Waals surface area (Å²) in [5.74, 6) is -0.805. The Morgan fingerprint density at radius 1 is 1.03 bits per heavy atom. The summed E-state index contributed by atoms with van der Waals surface area (Å²) in [4.78, 5) is 26.5. The third-order valence-corrected chi connectivity index (χ3v) is 6.07. The minimum Gasteiger partial charge on any atom is -0.508 e. The van der Waals surface area contributed by atoms with Crippen molar-refractivity contribution in [2.75, 3.05) is 20.3 Å². The van der Waals surface area contributed by atoms with Crippen LogP contribution in [0.4, 0.5) is 0 Å². The first-order valence-corrected chi connectivity index (χ1v) is 10.7. The molecule has 0 saturated heterocycles. The van der Waals surface area contributed by atoms with Crippen LogP contribution in [0.15, 0.2) is 77.1 Å². The standard InChI is InChI=1S/C26H27NO5/c1-16-23(26(30)32-13-12-31-2)24(18-8-10-20(28)11-9-18)25-21(27-16)14-19(15-22(25)29)17-6-4-3-5-7-17/h3-11,19,24,27-28H,12-15H2,1-2H3. The number of Topliss-reactive ketones (excluding diaryl/α,β-unsaturated/α-hetero) is 1. The topological polar surface area (TPSA) is 84.9 Å². The predicted octanol–water partition coefficient (Wildman–Crippen LogP) is 3.94. The summed E-state index contributed by atoms with van der Waals surface area (Å²) in [6.07, 6.45) is 1.06. The largest absolute Gasteiger partial charge is 0.508 e. The van der Waals surface area contributed by atoms with Gasteiger partial charge in [0.1, 0.15) is 12.4 Å². The summed E-state index contributed by atoms with van der Waals surface area (Å²) >= 11 is 0. The number of phenolic OH excluding ortho intramolecular Hbond substituents is 1. The van der Waals surface area contributed by atoms with E-state index < -0.39 is 11.9 Å². The number of nitrogens with one attached hydrogen (secondary N) is 1. The van der Waals surface area contributed by atoms with Gasteiger partial charge < -0.3 is 19.9 Å². The highest BCUT2D eigenvalue weighted by Crippen LogP contribution is 2.45. The molecule has 1 aliphatic carbocycles. The predicted molar refractivity (Wildman–Crippen MR) is 120 cm³/mol. The van der Waals surface area contributed by atoms with Crippen molar-refractivity contribution in [3.63, 3.8) is 0 Å². The third-order valence-electron chi connectivity index (χ3n) is 6.07. The van der Waals surface area contributed by atoms with Crippen molar-refractivity contribution < 1.29 is 24.2 Å². The monoisotopic (exact) mass is 433 g/mol. The molecule has 0 bridgehead atoms. The van der Waals surface area contributed by atoms with Crippen molar-refractivity contribution >= 4 is 11.8 Å². The summed E-state index contributed by atoms with van der Waals surface area (Å²) in [5.41, 5.74) is 4.43. The second-order valence-electron chi connectivity index (χ2n) is 8.15. The maximum absolute atomic E-state index is 13.5. The highest BCUT2D eigenvalue weighted by atomic mass is 16.6. The van der Waals surface area contributed by atoms with Crippen LogP contribution in [0.25, 0.3) is 0 Å². The second-order valence-corrected chi connectivity index (χ2v) is 8.15. The Kier molecular flexibility index (Phi) is 6.42. The average Bonchev–Trinajstić information content (AvgIpc) is 2.79. The van der Waals surface area contributed by atoms with E-state index in [0.717, 1.165) is 16.8 Å². The average molecular weight is 434 g/mol. The fraction of sp³-hybridized carbons (Fsp3) is 0.308. The van der Waals surface area contributed by atoms with Crippen LogP contribution in [0, 0.1) is 0 Å². The van der Waals surface area contributed by atoms with Gasteiger partial charge in [-0.15, -0.1) is 0 Å². The van der Waals surface area contributed by atoms with Crippen LogP contribution >= 0.6 is 0 Å². The maximum atomic E-state index is 13.5. The van der Waals surface area contributed by atoms with Crippen molar-refractivity contribution in [1.82, 2.24) is 5.32 Å². The van der Waals surface area contributed by atoms with Crippen LogP contribution in [0.5, 0.6) is 5.75 Å². The molecule has 6 nitrogen and oxygen atoms in total. The number of methoxy groups -OCH3 is 1. The third kappa shape index (κ3) is 4.32. The minimum absolute atomic E-state index is 0.0142. The molecular weight excluding hydrogens is 406 g/mol. The number of rotatable bonds is 6. The SMILES string of the molecule is COCCOC(=O)C1=C(C)NC2=C(C(=O)CC(c3ccccc3)C2)C1c1ccc(O)cc1. The Labute approximate surface area is 187 Å². The highest BCUT2D eigenvalue weighted by molar-refractivity contribution is 6.04. The fourth-order valence-electron chi connectivity index (χ4n) is 4.57. The first-order valence-electron chi connectivity index (χ1n) is 10.7. The molecule has 0 spiro atoms. The molecule has 0 radical (unpaired) electrons. The van der Waals surface area contributed by atoms with Gasteiger partial charge in [0.2, 0.25) is 0 Å². The van der Waals surface area contributed by atoms with Gasteiger partial charge in [0.25, 0.3) is 0 Å². The Balaban J connectivity index is 1.74. The molecule has 0 fully saturated rings. The molecule has 0 saturated carbocycles. The van der Waals surface area contributed by atoms with Gasteiger partial charge in [0.05, 0.1) is 12.2 Å². The Hall–Kier alpha value is -3.38. The van der Waals surface area contributed by atoms with E-state index >= 15 is 0 Å². The van der Waals surface area contributed by atoms with Crippen LogP contribution in [-0.2, 0) is 19.1 Å². The normalized spacial score (nSPS) is 20.6. The van der Waals surface area contributed by atoms with Crippen molar-refractivity contribution in [3.05, 3.63) is 88.3 Å². The molecule has 2 aliphatic rings. The van der Waals surface area contributed by atoms with Crippen molar-refractivity contribution in [2.24, 2.45) is 0 Å². The molecule has 0 aromatic heterocycles. The molecule has 6 heteroatoms. The number of hydrogen-bond donors (Lipinski definition) is 2. The van der Waals surface area contributed by atoms with Crippen molar-refractivity contribution in [2.45, 2.75) is 31.6 Å². The Bertz CT molecular complexity index is 1070. The lowest BCUT2D eigenvalue weighted by Crippen LogP contribution is -2.36. The van der Waals surface area contributed by atoms with E-state index in [1.54, 1.807) is 31.4 Å². The lowest BCUT2D eigenvalue weighted by atomic mass is 9.72. The molecule has 2 atom stereocenters. The van der Waals surface area contributed by atoms with Crippen molar-refractivity contribution in [3.8, 4) is 5.75 Å². The fourth-order valence-corrected chi connectivity index (χ4v) is 4.57. The van der Waals surface area contributed by atoms with Gasteiger partial charge in [-0.05, 0) is 42.5 Å². The van der Waals surface area contributed by atoms with Gasteiger partial charge in [-0.25, -0.2) is 4.79 Å². The number of ketones is 1. The number of benzene rings is 2. The number of carbonyl (C=O) groups excluding carboxylic acids is 2. The second kappa shape index (κ2) is 9.40. The molecule has 1 aliphatic heterocycles. The summed E-state index contributed by atoms with van der Waals surface area (Å²) in [7, 11) is 1.54. The molecular formula is C26H27NO5. The van der Waals surface area contributed by atoms with E-state index in [9.17, 15) is 14.7 Å². The van der Waals surface area contributed by atoms with Gasteiger partial charge in [0.15, 0.2) is 5.78 Å². The molecule has 2 aromatic carbocycles. The summed E-state index contributed by atoms with van der Waals surface area (Å²) in [6, 6.07) is 16.7. The summed E-state index contributed by atoms with van der Waals surface area (Å²) in [6.45, 7) is 2.26. The smallest absolute Gasteiger partial charge is 0.336 e. The van der Waals surface area contributed by atoms with Gasteiger partial charge >= 0.3 is 5.97 Å². The van der Waals surface area contributed by atoms with Crippen LogP contribution in [-0.4, -0.2) is 37.2 Å². The number of allylic oxidation sites excluding steroid dienone is 3. The Morgan fingerprint density at radius 2 is 1.75 bits per heavy atom. The number of aromatic hydroxyl groups is 1. The van der Waals surface area contributed by atoms with Crippen LogP contribution in [0.2, 0.25) is 0 Å². The van der Waals surface area contributed by atoms with E-state index in [2.05, 4.69) is 5.32 Å². The lowest BCUT2D eigenvalue weighted by molar-refractivity contribution is -0.140. The van der Waals surface area contributed by atoms with E-state index in [0.29, 0.717) is 36.3 Å².